The van der Waals surface area contributed by atoms with Crippen molar-refractivity contribution >= 4 is 32.5 Å². The molecule has 0 radical (unpaired) electrons. The van der Waals surface area contributed by atoms with Gasteiger partial charge in [0.05, 0.1) is 4.90 Å². The Morgan fingerprint density at radius 2 is 1.78 bits per heavy atom. The van der Waals surface area contributed by atoms with Gasteiger partial charge in [-0.3, -0.25) is 4.79 Å². The number of piperidine rings is 1. The van der Waals surface area contributed by atoms with Gasteiger partial charge in [-0.05, 0) is 49.2 Å². The number of H-pyrrole nitrogens is 1. The van der Waals surface area contributed by atoms with Crippen LogP contribution in [0, 0.1) is 5.92 Å². The lowest BCUT2D eigenvalue weighted by atomic mass is 9.97. The van der Waals surface area contributed by atoms with Crippen molar-refractivity contribution in [1.29, 1.82) is 0 Å². The lowest BCUT2D eigenvalue weighted by molar-refractivity contribution is -0.120. The molecule has 0 aliphatic carbocycles. The van der Waals surface area contributed by atoms with Gasteiger partial charge in [0.2, 0.25) is 15.9 Å². The van der Waals surface area contributed by atoms with E-state index in [1.165, 1.54) is 4.31 Å². The van der Waals surface area contributed by atoms with Crippen LogP contribution in [-0.2, 0) is 14.8 Å². The fourth-order valence-corrected chi connectivity index (χ4v) is 4.97. The van der Waals surface area contributed by atoms with Crippen molar-refractivity contribution < 1.29 is 13.2 Å². The molecule has 6 nitrogen and oxygen atoms in total. The van der Waals surface area contributed by atoms with Crippen molar-refractivity contribution in [1.82, 2.24) is 9.29 Å². The van der Waals surface area contributed by atoms with Crippen LogP contribution in [0.25, 0.3) is 10.9 Å². The molecule has 2 aromatic carbocycles. The molecule has 1 aromatic heterocycles. The number of aromatic nitrogens is 1. The van der Waals surface area contributed by atoms with Gasteiger partial charge >= 0.3 is 0 Å². The molecule has 1 fully saturated rings. The van der Waals surface area contributed by atoms with Crippen LogP contribution in [0.4, 0.5) is 5.69 Å². The SMILES string of the molecule is O=C(Nc1ccccc1)C1CCN(S(=O)(=O)c2ccc3[nH]ccc3c2)CC1. The molecule has 0 spiro atoms. The van der Waals surface area contributed by atoms with E-state index in [9.17, 15) is 13.2 Å². The van der Waals surface area contributed by atoms with Gasteiger partial charge in [0.1, 0.15) is 0 Å². The first-order valence-electron chi connectivity index (χ1n) is 8.97. The Morgan fingerprint density at radius 1 is 1.04 bits per heavy atom. The smallest absolute Gasteiger partial charge is 0.243 e. The number of para-hydroxylation sites is 1. The molecule has 1 saturated heterocycles. The minimum absolute atomic E-state index is 0.0491. The van der Waals surface area contributed by atoms with Crippen LogP contribution >= 0.6 is 0 Å². The van der Waals surface area contributed by atoms with Crippen molar-refractivity contribution in [2.24, 2.45) is 5.92 Å². The van der Waals surface area contributed by atoms with E-state index in [-0.39, 0.29) is 11.8 Å². The molecule has 2 heterocycles. The van der Waals surface area contributed by atoms with Gasteiger partial charge in [-0.2, -0.15) is 4.31 Å². The molecule has 140 valence electrons. The Balaban J connectivity index is 1.42. The number of amides is 1. The standard InChI is InChI=1S/C20H21N3O3S/c24-20(22-17-4-2-1-3-5-17)15-9-12-23(13-10-15)27(25,26)18-6-7-19-16(14-18)8-11-21-19/h1-8,11,14-15,21H,9-10,12-13H2,(H,22,24). The Hall–Kier alpha value is -2.64. The summed E-state index contributed by atoms with van der Waals surface area (Å²) in [4.78, 5) is 15.8. The number of hydrogen-bond acceptors (Lipinski definition) is 3. The number of anilines is 1. The molecule has 2 N–H and O–H groups in total. The van der Waals surface area contributed by atoms with E-state index >= 15 is 0 Å². The second-order valence-corrected chi connectivity index (χ2v) is 8.70. The van der Waals surface area contributed by atoms with Crippen molar-refractivity contribution in [2.75, 3.05) is 18.4 Å². The lowest BCUT2D eigenvalue weighted by Crippen LogP contribution is -2.41. The highest BCUT2D eigenvalue weighted by atomic mass is 32.2. The first kappa shape index (κ1) is 17.8. The van der Waals surface area contributed by atoms with E-state index in [2.05, 4.69) is 10.3 Å². The molecular weight excluding hydrogens is 362 g/mol. The van der Waals surface area contributed by atoms with E-state index in [1.54, 1.807) is 24.4 Å². The number of aromatic amines is 1. The quantitative estimate of drug-likeness (QED) is 0.726. The summed E-state index contributed by atoms with van der Waals surface area (Å²) < 4.78 is 27.4. The molecule has 0 bridgehead atoms. The third-order valence-electron chi connectivity index (χ3n) is 5.03. The number of sulfonamides is 1. The predicted molar refractivity (Wildman–Crippen MR) is 105 cm³/mol. The molecule has 1 aliphatic heterocycles. The molecule has 1 amide bonds. The largest absolute Gasteiger partial charge is 0.361 e. The number of fused-ring (bicyclic) bond motifs is 1. The maximum atomic E-state index is 12.9. The highest BCUT2D eigenvalue weighted by molar-refractivity contribution is 7.89. The average molecular weight is 383 g/mol. The fraction of sp³-hybridized carbons (Fsp3) is 0.250. The van der Waals surface area contributed by atoms with Crippen LogP contribution in [0.1, 0.15) is 12.8 Å². The summed E-state index contributed by atoms with van der Waals surface area (Å²) in [5, 5.41) is 3.77. The van der Waals surface area contributed by atoms with Crippen molar-refractivity contribution in [3.8, 4) is 0 Å². The van der Waals surface area contributed by atoms with E-state index in [0.29, 0.717) is 30.8 Å². The van der Waals surface area contributed by atoms with Crippen molar-refractivity contribution in [3.63, 3.8) is 0 Å². The molecular formula is C20H21N3O3S. The second kappa shape index (κ2) is 7.17. The van der Waals surface area contributed by atoms with Gasteiger partial charge in [0.15, 0.2) is 0 Å². The summed E-state index contributed by atoms with van der Waals surface area (Å²) in [5.41, 5.74) is 1.67. The first-order chi connectivity index (χ1) is 13.0. The number of carbonyl (C=O) groups is 1. The van der Waals surface area contributed by atoms with Gasteiger partial charge in [0.25, 0.3) is 0 Å². The average Bonchev–Trinajstić information content (AvgIpc) is 3.17. The highest BCUT2D eigenvalue weighted by Crippen LogP contribution is 2.26. The van der Waals surface area contributed by atoms with Gasteiger partial charge in [-0.25, -0.2) is 8.42 Å². The van der Waals surface area contributed by atoms with Crippen LogP contribution in [0.15, 0.2) is 65.7 Å². The summed E-state index contributed by atoms with van der Waals surface area (Å²) in [6, 6.07) is 16.3. The Kier molecular flexibility index (Phi) is 4.72. The summed E-state index contributed by atoms with van der Waals surface area (Å²) in [5.74, 6) is -0.226. The monoisotopic (exact) mass is 383 g/mol. The molecule has 4 rings (SSSR count). The minimum atomic E-state index is -3.55. The lowest BCUT2D eigenvalue weighted by Gasteiger charge is -2.30. The number of hydrogen-bond donors (Lipinski definition) is 2. The fourth-order valence-electron chi connectivity index (χ4n) is 3.47. The zero-order valence-electron chi connectivity index (χ0n) is 14.8. The minimum Gasteiger partial charge on any atom is -0.361 e. The van der Waals surface area contributed by atoms with Crippen LogP contribution in [-0.4, -0.2) is 36.7 Å². The first-order valence-corrected chi connectivity index (χ1v) is 10.4. The van der Waals surface area contributed by atoms with E-state index in [1.807, 2.05) is 36.4 Å². The Morgan fingerprint density at radius 3 is 2.52 bits per heavy atom. The third-order valence-corrected chi connectivity index (χ3v) is 6.92. The topological polar surface area (TPSA) is 82.3 Å². The van der Waals surface area contributed by atoms with Crippen LogP contribution < -0.4 is 5.32 Å². The number of rotatable bonds is 4. The van der Waals surface area contributed by atoms with Crippen LogP contribution in [0.3, 0.4) is 0 Å². The van der Waals surface area contributed by atoms with E-state index in [0.717, 1.165) is 16.6 Å². The molecule has 0 unspecified atom stereocenters. The summed E-state index contributed by atoms with van der Waals surface area (Å²) >= 11 is 0. The summed E-state index contributed by atoms with van der Waals surface area (Å²) in [6.07, 6.45) is 2.83. The van der Waals surface area contributed by atoms with Crippen LogP contribution in [0.2, 0.25) is 0 Å². The number of carbonyl (C=O) groups excluding carboxylic acids is 1. The number of nitrogens with zero attached hydrogens (tertiary/aromatic N) is 1. The molecule has 7 heteroatoms. The van der Waals surface area contributed by atoms with Gasteiger partial charge in [0, 0.05) is 41.8 Å². The zero-order valence-corrected chi connectivity index (χ0v) is 15.6. The summed E-state index contributed by atoms with van der Waals surface area (Å²) in [6.45, 7) is 0.695. The number of nitrogens with one attached hydrogen (secondary N) is 2. The molecule has 1 aliphatic rings. The maximum Gasteiger partial charge on any atom is 0.243 e. The zero-order chi connectivity index (χ0) is 18.9. The van der Waals surface area contributed by atoms with Crippen molar-refractivity contribution in [3.05, 3.63) is 60.8 Å². The predicted octanol–water partition coefficient (Wildman–Crippen LogP) is 3.21. The van der Waals surface area contributed by atoms with E-state index < -0.39 is 10.0 Å². The molecule has 3 aromatic rings. The Bertz CT molecular complexity index is 1050. The molecule has 27 heavy (non-hydrogen) atoms. The maximum absolute atomic E-state index is 12.9. The van der Waals surface area contributed by atoms with Gasteiger partial charge in [-0.1, -0.05) is 18.2 Å². The summed E-state index contributed by atoms with van der Waals surface area (Å²) in [7, 11) is -3.55. The number of benzene rings is 2. The van der Waals surface area contributed by atoms with Gasteiger partial charge < -0.3 is 10.3 Å². The second-order valence-electron chi connectivity index (χ2n) is 6.76. The normalized spacial score (nSPS) is 16.4. The van der Waals surface area contributed by atoms with E-state index in [4.69, 9.17) is 0 Å². The van der Waals surface area contributed by atoms with Gasteiger partial charge in [-0.15, -0.1) is 0 Å². The third kappa shape index (κ3) is 3.61. The van der Waals surface area contributed by atoms with Crippen LogP contribution in [0.5, 0.6) is 0 Å². The highest BCUT2D eigenvalue weighted by Gasteiger charge is 2.32. The molecule has 0 atom stereocenters. The Labute approximate surface area is 158 Å². The van der Waals surface area contributed by atoms with Crippen molar-refractivity contribution in [2.45, 2.75) is 17.7 Å². The molecule has 0 saturated carbocycles.